The summed E-state index contributed by atoms with van der Waals surface area (Å²) in [4.78, 5) is 11.5. The number of carbonyl (C=O) groups excluding carboxylic acids is 1. The van der Waals surface area contributed by atoms with Crippen LogP contribution in [0.15, 0.2) is 18.2 Å². The minimum Gasteiger partial charge on any atom is -0.357 e. The zero-order chi connectivity index (χ0) is 9.42. The van der Waals surface area contributed by atoms with Crippen molar-refractivity contribution in [2.45, 2.75) is 6.23 Å². The number of hydrogen-bond donors (Lipinski definition) is 1. The van der Waals surface area contributed by atoms with E-state index in [1.807, 2.05) is 18.2 Å². The Morgan fingerprint density at radius 3 is 3.00 bits per heavy atom. The fraction of sp³-hybridized carbons (Fsp3) is 0.222. The van der Waals surface area contributed by atoms with Crippen molar-refractivity contribution in [1.29, 1.82) is 0 Å². The van der Waals surface area contributed by atoms with Crippen LogP contribution in [-0.2, 0) is 4.74 Å². The second-order valence-electron chi connectivity index (χ2n) is 2.79. The van der Waals surface area contributed by atoms with E-state index in [0.29, 0.717) is 0 Å². The first-order valence-corrected chi connectivity index (χ1v) is 4.94. The zero-order valence-electron chi connectivity index (χ0n) is 7.00. The van der Waals surface area contributed by atoms with Crippen LogP contribution in [0.3, 0.4) is 0 Å². The van der Waals surface area contributed by atoms with E-state index < -0.39 is 0 Å². The van der Waals surface area contributed by atoms with Crippen LogP contribution in [0.25, 0.3) is 0 Å². The molecule has 1 atom stereocenters. The van der Waals surface area contributed by atoms with E-state index >= 15 is 0 Å². The van der Waals surface area contributed by atoms with Gasteiger partial charge in [0.15, 0.2) is 6.23 Å². The summed E-state index contributed by atoms with van der Waals surface area (Å²) in [6, 6.07) is 5.74. The molecule has 1 aliphatic rings. The number of fused-ring (bicyclic) bond motifs is 1. The summed E-state index contributed by atoms with van der Waals surface area (Å²) < 4.78 is 6.09. The van der Waals surface area contributed by atoms with E-state index in [0.717, 1.165) is 14.7 Å². The molecular formula is C9H8INO2. The molecule has 68 valence electrons. The molecule has 3 nitrogen and oxygen atoms in total. The summed E-state index contributed by atoms with van der Waals surface area (Å²) in [5, 5.41) is 2.74. The summed E-state index contributed by atoms with van der Waals surface area (Å²) in [7, 11) is 1.58. The monoisotopic (exact) mass is 289 g/mol. The summed E-state index contributed by atoms with van der Waals surface area (Å²) >= 11 is 2.15. The topological polar surface area (TPSA) is 38.3 Å². The van der Waals surface area contributed by atoms with Crippen molar-refractivity contribution in [2.24, 2.45) is 0 Å². The first-order chi connectivity index (χ1) is 6.24. The molecule has 1 aromatic carbocycles. The highest BCUT2D eigenvalue weighted by Gasteiger charge is 2.29. The van der Waals surface area contributed by atoms with Gasteiger partial charge in [0.05, 0.1) is 5.56 Å². The van der Waals surface area contributed by atoms with Crippen molar-refractivity contribution in [2.75, 3.05) is 7.11 Å². The molecule has 0 aromatic heterocycles. The lowest BCUT2D eigenvalue weighted by Crippen LogP contribution is -2.20. The Morgan fingerprint density at radius 1 is 1.54 bits per heavy atom. The molecule has 0 bridgehead atoms. The first kappa shape index (κ1) is 8.96. The molecule has 1 unspecified atom stereocenters. The minimum absolute atomic E-state index is 0.0492. The Bertz CT molecular complexity index is 365. The molecule has 1 amide bonds. The van der Waals surface area contributed by atoms with E-state index in [2.05, 4.69) is 27.9 Å². The average Bonchev–Trinajstić information content (AvgIpc) is 2.44. The first-order valence-electron chi connectivity index (χ1n) is 3.86. The van der Waals surface area contributed by atoms with Gasteiger partial charge in [0.25, 0.3) is 5.91 Å². The van der Waals surface area contributed by atoms with Gasteiger partial charge in [0, 0.05) is 16.2 Å². The van der Waals surface area contributed by atoms with Crippen molar-refractivity contribution < 1.29 is 9.53 Å². The third kappa shape index (κ3) is 1.34. The molecule has 1 aromatic rings. The van der Waals surface area contributed by atoms with E-state index in [9.17, 15) is 4.79 Å². The summed E-state index contributed by atoms with van der Waals surface area (Å²) in [5.74, 6) is -0.0492. The van der Waals surface area contributed by atoms with Crippen LogP contribution in [-0.4, -0.2) is 13.0 Å². The SMILES string of the molecule is COC1NC(=O)c2c(I)cccc21. The molecule has 1 aliphatic heterocycles. The van der Waals surface area contributed by atoms with E-state index in [1.165, 1.54) is 0 Å². The molecule has 1 N–H and O–H groups in total. The van der Waals surface area contributed by atoms with Gasteiger partial charge in [0.1, 0.15) is 0 Å². The Morgan fingerprint density at radius 2 is 2.31 bits per heavy atom. The summed E-state index contributed by atoms with van der Waals surface area (Å²) in [6.45, 7) is 0. The lowest BCUT2D eigenvalue weighted by atomic mass is 10.1. The number of carbonyl (C=O) groups is 1. The minimum atomic E-state index is -0.280. The van der Waals surface area contributed by atoms with Crippen molar-refractivity contribution in [3.8, 4) is 0 Å². The van der Waals surface area contributed by atoms with E-state index in [4.69, 9.17) is 4.74 Å². The Balaban J connectivity index is 2.57. The van der Waals surface area contributed by atoms with Crippen LogP contribution < -0.4 is 5.32 Å². The molecule has 4 heteroatoms. The largest absolute Gasteiger partial charge is 0.357 e. The maximum absolute atomic E-state index is 11.5. The van der Waals surface area contributed by atoms with Crippen LogP contribution in [0, 0.1) is 3.57 Å². The predicted octanol–water partition coefficient (Wildman–Crippen LogP) is 1.68. The number of ether oxygens (including phenoxy) is 1. The third-order valence-electron chi connectivity index (χ3n) is 2.05. The second-order valence-corrected chi connectivity index (χ2v) is 3.96. The normalized spacial score (nSPS) is 19.8. The number of hydrogen-bond acceptors (Lipinski definition) is 2. The van der Waals surface area contributed by atoms with Crippen molar-refractivity contribution in [3.63, 3.8) is 0 Å². The molecule has 0 saturated carbocycles. The van der Waals surface area contributed by atoms with Gasteiger partial charge in [-0.15, -0.1) is 0 Å². The number of nitrogens with one attached hydrogen (secondary N) is 1. The predicted molar refractivity (Wildman–Crippen MR) is 56.4 cm³/mol. The quantitative estimate of drug-likeness (QED) is 0.799. The van der Waals surface area contributed by atoms with Gasteiger partial charge in [-0.2, -0.15) is 0 Å². The molecule has 0 aliphatic carbocycles. The molecule has 1 heterocycles. The van der Waals surface area contributed by atoms with Gasteiger partial charge in [-0.25, -0.2) is 0 Å². The highest BCUT2D eigenvalue weighted by Crippen LogP contribution is 2.28. The van der Waals surface area contributed by atoms with Crippen LogP contribution in [0.1, 0.15) is 22.1 Å². The fourth-order valence-corrected chi connectivity index (χ4v) is 2.22. The third-order valence-corrected chi connectivity index (χ3v) is 2.95. The van der Waals surface area contributed by atoms with Crippen LogP contribution in [0.5, 0.6) is 0 Å². The van der Waals surface area contributed by atoms with Crippen LogP contribution in [0.4, 0.5) is 0 Å². The van der Waals surface area contributed by atoms with Gasteiger partial charge < -0.3 is 10.1 Å². The summed E-state index contributed by atoms with van der Waals surface area (Å²) in [5.41, 5.74) is 1.68. The Hall–Kier alpha value is -0.620. The molecule has 0 spiro atoms. The maximum Gasteiger partial charge on any atom is 0.255 e. The second kappa shape index (κ2) is 3.26. The summed E-state index contributed by atoms with van der Waals surface area (Å²) in [6.07, 6.45) is -0.280. The smallest absolute Gasteiger partial charge is 0.255 e. The maximum atomic E-state index is 11.5. The van der Waals surface area contributed by atoms with E-state index in [1.54, 1.807) is 7.11 Å². The van der Waals surface area contributed by atoms with Crippen molar-refractivity contribution >= 4 is 28.5 Å². The molecule has 0 fully saturated rings. The standard InChI is InChI=1S/C9H8INO2/c1-13-9-5-3-2-4-6(10)7(5)8(12)11-9/h2-4,9H,1H3,(H,11,12). The van der Waals surface area contributed by atoms with Gasteiger partial charge in [-0.3, -0.25) is 4.79 Å². The van der Waals surface area contributed by atoms with E-state index in [-0.39, 0.29) is 12.1 Å². The Kier molecular flexibility index (Phi) is 2.25. The number of halogens is 1. The van der Waals surface area contributed by atoms with Gasteiger partial charge in [-0.05, 0) is 28.7 Å². The molecule has 13 heavy (non-hydrogen) atoms. The Labute approximate surface area is 89.6 Å². The highest BCUT2D eigenvalue weighted by atomic mass is 127. The number of methoxy groups -OCH3 is 1. The van der Waals surface area contributed by atoms with Gasteiger partial charge in [-0.1, -0.05) is 12.1 Å². The van der Waals surface area contributed by atoms with Crippen molar-refractivity contribution in [3.05, 3.63) is 32.9 Å². The average molecular weight is 289 g/mol. The van der Waals surface area contributed by atoms with Crippen molar-refractivity contribution in [1.82, 2.24) is 5.32 Å². The number of rotatable bonds is 1. The zero-order valence-corrected chi connectivity index (χ0v) is 9.16. The molecular weight excluding hydrogens is 281 g/mol. The van der Waals surface area contributed by atoms with Crippen LogP contribution >= 0.6 is 22.6 Å². The fourth-order valence-electron chi connectivity index (χ4n) is 1.45. The lowest BCUT2D eigenvalue weighted by Gasteiger charge is -2.07. The number of benzene rings is 1. The van der Waals surface area contributed by atoms with Gasteiger partial charge in [0.2, 0.25) is 0 Å². The molecule has 2 rings (SSSR count). The molecule has 0 radical (unpaired) electrons. The van der Waals surface area contributed by atoms with Gasteiger partial charge >= 0.3 is 0 Å². The number of amides is 1. The lowest BCUT2D eigenvalue weighted by molar-refractivity contribution is 0.0666. The van der Waals surface area contributed by atoms with Crippen LogP contribution in [0.2, 0.25) is 0 Å². The molecule has 0 saturated heterocycles. The highest BCUT2D eigenvalue weighted by molar-refractivity contribution is 14.1.